The second kappa shape index (κ2) is 6.99. The summed E-state index contributed by atoms with van der Waals surface area (Å²) in [4.78, 5) is 0. The van der Waals surface area contributed by atoms with E-state index in [1.807, 2.05) is 36.4 Å². The number of aliphatic hydroxyl groups is 1. The summed E-state index contributed by atoms with van der Waals surface area (Å²) in [6.07, 6.45) is 0. The Balaban J connectivity index is 2.05. The molecule has 0 aliphatic carbocycles. The zero-order chi connectivity index (χ0) is 14.2. The van der Waals surface area contributed by atoms with E-state index in [2.05, 4.69) is 17.9 Å². The molecule has 1 N–H and O–H groups in total. The van der Waals surface area contributed by atoms with Crippen molar-refractivity contribution in [3.05, 3.63) is 65.2 Å². The van der Waals surface area contributed by atoms with Crippen molar-refractivity contribution in [1.82, 2.24) is 0 Å². The molecule has 2 aromatic carbocycles. The average Bonchev–Trinajstić information content (AvgIpc) is 2.51. The maximum Gasteiger partial charge on any atom is 0.121 e. The summed E-state index contributed by atoms with van der Waals surface area (Å²) < 4.78 is 5.67. The molecule has 0 bridgehead atoms. The summed E-state index contributed by atoms with van der Waals surface area (Å²) in [7, 11) is 0. The van der Waals surface area contributed by atoms with Crippen molar-refractivity contribution in [3.63, 3.8) is 0 Å². The SMILES string of the molecule is N#Cc1cccc(COc2cccc(C#CCO)c2)c1. The van der Waals surface area contributed by atoms with Gasteiger partial charge in [0.15, 0.2) is 0 Å². The Morgan fingerprint density at radius 1 is 1.05 bits per heavy atom. The van der Waals surface area contributed by atoms with Gasteiger partial charge in [-0.1, -0.05) is 30.0 Å². The van der Waals surface area contributed by atoms with E-state index >= 15 is 0 Å². The number of aliphatic hydroxyl groups excluding tert-OH is 1. The first-order valence-corrected chi connectivity index (χ1v) is 6.13. The Labute approximate surface area is 118 Å². The summed E-state index contributed by atoms with van der Waals surface area (Å²) in [6.45, 7) is 0.235. The number of nitriles is 1. The average molecular weight is 263 g/mol. The van der Waals surface area contributed by atoms with Crippen LogP contribution in [0.5, 0.6) is 5.75 Å². The van der Waals surface area contributed by atoms with Gasteiger partial charge in [0.25, 0.3) is 0 Å². The van der Waals surface area contributed by atoms with E-state index in [9.17, 15) is 0 Å². The monoisotopic (exact) mass is 263 g/mol. The molecule has 0 saturated heterocycles. The number of benzene rings is 2. The van der Waals surface area contributed by atoms with Crippen molar-refractivity contribution >= 4 is 0 Å². The number of rotatable bonds is 3. The molecule has 0 unspecified atom stereocenters. The Bertz CT molecular complexity index is 690. The van der Waals surface area contributed by atoms with Crippen molar-refractivity contribution in [2.45, 2.75) is 6.61 Å². The topological polar surface area (TPSA) is 53.2 Å². The summed E-state index contributed by atoms with van der Waals surface area (Å²) in [6, 6.07) is 16.8. The van der Waals surface area contributed by atoms with Gasteiger partial charge in [0.05, 0.1) is 11.6 Å². The van der Waals surface area contributed by atoms with Crippen LogP contribution < -0.4 is 4.74 Å². The summed E-state index contributed by atoms with van der Waals surface area (Å²) in [5, 5.41) is 17.5. The third kappa shape index (κ3) is 3.88. The van der Waals surface area contributed by atoms with Crippen molar-refractivity contribution in [3.8, 4) is 23.7 Å². The molecule has 0 radical (unpaired) electrons. The molecule has 2 aromatic rings. The largest absolute Gasteiger partial charge is 0.489 e. The van der Waals surface area contributed by atoms with Gasteiger partial charge in [-0.2, -0.15) is 5.26 Å². The molecule has 0 fully saturated rings. The fourth-order valence-electron chi connectivity index (χ4n) is 1.70. The molecule has 0 spiro atoms. The molecule has 0 aliphatic heterocycles. The van der Waals surface area contributed by atoms with Crippen molar-refractivity contribution in [2.24, 2.45) is 0 Å². The molecule has 98 valence electrons. The zero-order valence-corrected chi connectivity index (χ0v) is 10.8. The first-order valence-electron chi connectivity index (χ1n) is 6.13. The Morgan fingerprint density at radius 3 is 2.65 bits per heavy atom. The van der Waals surface area contributed by atoms with Crippen LogP contribution in [0.2, 0.25) is 0 Å². The minimum atomic E-state index is -0.161. The summed E-state index contributed by atoms with van der Waals surface area (Å²) >= 11 is 0. The summed E-state index contributed by atoms with van der Waals surface area (Å²) in [5.74, 6) is 6.13. The normalized spacial score (nSPS) is 9.20. The minimum absolute atomic E-state index is 0.161. The second-order valence-corrected chi connectivity index (χ2v) is 4.09. The van der Waals surface area contributed by atoms with Gasteiger partial charge in [-0.05, 0) is 35.9 Å². The molecule has 0 heterocycles. The van der Waals surface area contributed by atoms with Crippen LogP contribution in [0.1, 0.15) is 16.7 Å². The zero-order valence-electron chi connectivity index (χ0n) is 10.8. The van der Waals surface area contributed by atoms with Crippen LogP contribution >= 0.6 is 0 Å². The molecule has 0 saturated carbocycles. The lowest BCUT2D eigenvalue weighted by Crippen LogP contribution is -1.96. The summed E-state index contributed by atoms with van der Waals surface area (Å²) in [5.41, 5.74) is 2.35. The highest BCUT2D eigenvalue weighted by atomic mass is 16.5. The highest BCUT2D eigenvalue weighted by molar-refractivity contribution is 5.40. The van der Waals surface area contributed by atoms with Crippen LogP contribution in [-0.4, -0.2) is 11.7 Å². The molecule has 3 nitrogen and oxygen atoms in total. The molecule has 0 aliphatic rings. The third-order valence-corrected chi connectivity index (χ3v) is 2.61. The van der Waals surface area contributed by atoms with Gasteiger partial charge in [0.2, 0.25) is 0 Å². The van der Waals surface area contributed by atoms with Crippen molar-refractivity contribution in [2.75, 3.05) is 6.61 Å². The first-order chi connectivity index (χ1) is 9.81. The number of hydrogen-bond donors (Lipinski definition) is 1. The minimum Gasteiger partial charge on any atom is -0.489 e. The van der Waals surface area contributed by atoms with E-state index in [0.717, 1.165) is 11.1 Å². The van der Waals surface area contributed by atoms with Gasteiger partial charge in [-0.25, -0.2) is 0 Å². The van der Waals surface area contributed by atoms with Gasteiger partial charge in [-0.15, -0.1) is 0 Å². The fourth-order valence-corrected chi connectivity index (χ4v) is 1.70. The van der Waals surface area contributed by atoms with E-state index in [1.165, 1.54) is 0 Å². The quantitative estimate of drug-likeness (QED) is 0.865. The molecule has 2 rings (SSSR count). The fraction of sp³-hybridized carbons (Fsp3) is 0.118. The van der Waals surface area contributed by atoms with Gasteiger partial charge in [-0.3, -0.25) is 0 Å². The van der Waals surface area contributed by atoms with Crippen molar-refractivity contribution in [1.29, 1.82) is 5.26 Å². The second-order valence-electron chi connectivity index (χ2n) is 4.09. The van der Waals surface area contributed by atoms with Crippen LogP contribution in [0.3, 0.4) is 0 Å². The number of hydrogen-bond acceptors (Lipinski definition) is 3. The molecule has 20 heavy (non-hydrogen) atoms. The van der Waals surface area contributed by atoms with Gasteiger partial charge in [0, 0.05) is 5.56 Å². The molecule has 0 aromatic heterocycles. The van der Waals surface area contributed by atoms with Gasteiger partial charge in [0.1, 0.15) is 19.0 Å². The first kappa shape index (κ1) is 13.7. The highest BCUT2D eigenvalue weighted by Gasteiger charge is 1.98. The predicted molar refractivity (Wildman–Crippen MR) is 75.9 cm³/mol. The predicted octanol–water partition coefficient (Wildman–Crippen LogP) is 2.48. The number of nitrogens with zero attached hydrogens (tertiary/aromatic N) is 1. The van der Waals surface area contributed by atoms with Crippen LogP contribution in [0.4, 0.5) is 0 Å². The smallest absolute Gasteiger partial charge is 0.121 e. The standard InChI is InChI=1S/C17H13NO2/c18-12-15-5-1-6-16(10-15)13-20-17-8-2-4-14(11-17)7-3-9-19/h1-2,4-6,8,10-11,19H,9,13H2. The lowest BCUT2D eigenvalue weighted by atomic mass is 10.1. The van der Waals surface area contributed by atoms with E-state index in [1.54, 1.807) is 12.1 Å². The Hall–Kier alpha value is -2.75. The molecular weight excluding hydrogens is 250 g/mol. The van der Waals surface area contributed by atoms with Gasteiger partial charge < -0.3 is 9.84 Å². The van der Waals surface area contributed by atoms with E-state index in [-0.39, 0.29) is 6.61 Å². The van der Waals surface area contributed by atoms with Crippen LogP contribution in [0.25, 0.3) is 0 Å². The van der Waals surface area contributed by atoms with Crippen LogP contribution in [0.15, 0.2) is 48.5 Å². The molecular formula is C17H13NO2. The van der Waals surface area contributed by atoms with E-state index < -0.39 is 0 Å². The lowest BCUT2D eigenvalue weighted by molar-refractivity contribution is 0.306. The molecule has 3 heteroatoms. The number of ether oxygens (including phenoxy) is 1. The lowest BCUT2D eigenvalue weighted by Gasteiger charge is -2.06. The highest BCUT2D eigenvalue weighted by Crippen LogP contribution is 2.15. The Kier molecular flexibility index (Phi) is 4.78. The van der Waals surface area contributed by atoms with Crippen LogP contribution in [0, 0.1) is 23.2 Å². The molecule has 0 amide bonds. The Morgan fingerprint density at radius 2 is 1.85 bits per heavy atom. The van der Waals surface area contributed by atoms with Crippen LogP contribution in [-0.2, 0) is 6.61 Å². The maximum absolute atomic E-state index is 8.84. The van der Waals surface area contributed by atoms with E-state index in [4.69, 9.17) is 15.1 Å². The van der Waals surface area contributed by atoms with E-state index in [0.29, 0.717) is 17.9 Å². The third-order valence-electron chi connectivity index (χ3n) is 2.61. The molecule has 0 atom stereocenters. The maximum atomic E-state index is 8.84. The van der Waals surface area contributed by atoms with Crippen molar-refractivity contribution < 1.29 is 9.84 Å². The van der Waals surface area contributed by atoms with Gasteiger partial charge >= 0.3 is 0 Å².